The average molecular weight is 365 g/mol. The molecule has 1 atom stereocenters. The van der Waals surface area contributed by atoms with E-state index in [1.54, 1.807) is 4.57 Å². The number of amides is 1. The molecular weight excluding hydrogens is 342 g/mol. The Morgan fingerprint density at radius 2 is 1.96 bits per heavy atom. The predicted octanol–water partition coefficient (Wildman–Crippen LogP) is 3.39. The second kappa shape index (κ2) is 7.40. The number of benzene rings is 2. The molecule has 0 radical (unpaired) electrons. The Morgan fingerprint density at radius 1 is 1.19 bits per heavy atom. The molecule has 0 aliphatic carbocycles. The van der Waals surface area contributed by atoms with Crippen LogP contribution in [0.5, 0.6) is 0 Å². The molecule has 1 aromatic heterocycles. The highest BCUT2D eigenvalue weighted by Gasteiger charge is 2.25. The van der Waals surface area contributed by atoms with Gasteiger partial charge >= 0.3 is 5.76 Å². The first kappa shape index (κ1) is 17.5. The Labute approximate surface area is 157 Å². The van der Waals surface area contributed by atoms with Crippen LogP contribution in [0.1, 0.15) is 31.4 Å². The lowest BCUT2D eigenvalue weighted by atomic mass is 10.0. The smallest absolute Gasteiger partial charge is 0.408 e. The van der Waals surface area contributed by atoms with E-state index in [0.29, 0.717) is 5.58 Å². The molecule has 6 heteroatoms. The van der Waals surface area contributed by atoms with Crippen LogP contribution < -0.4 is 11.1 Å². The number of hydrogen-bond donors (Lipinski definition) is 1. The van der Waals surface area contributed by atoms with Crippen molar-refractivity contribution in [3.63, 3.8) is 0 Å². The molecule has 1 saturated heterocycles. The van der Waals surface area contributed by atoms with E-state index in [4.69, 9.17) is 4.42 Å². The maximum Gasteiger partial charge on any atom is 0.420 e. The lowest BCUT2D eigenvalue weighted by Gasteiger charge is -2.33. The van der Waals surface area contributed by atoms with Crippen molar-refractivity contribution in [2.45, 2.75) is 32.4 Å². The number of nitrogens with zero attached hydrogens (tertiary/aromatic N) is 2. The van der Waals surface area contributed by atoms with Crippen LogP contribution in [0.2, 0.25) is 0 Å². The average Bonchev–Trinajstić information content (AvgIpc) is 2.99. The van der Waals surface area contributed by atoms with E-state index >= 15 is 0 Å². The van der Waals surface area contributed by atoms with Crippen molar-refractivity contribution in [2.75, 3.05) is 18.4 Å². The number of aromatic nitrogens is 1. The summed E-state index contributed by atoms with van der Waals surface area (Å²) in [6.07, 6.45) is 2.02. The van der Waals surface area contributed by atoms with Crippen LogP contribution in [-0.2, 0) is 11.3 Å². The number of anilines is 1. The number of nitrogens with one attached hydrogen (secondary N) is 1. The summed E-state index contributed by atoms with van der Waals surface area (Å²) in [5, 5.41) is 2.78. The number of carbonyl (C=O) groups excluding carboxylic acids is 1. The molecule has 6 nitrogen and oxygen atoms in total. The van der Waals surface area contributed by atoms with E-state index in [1.807, 2.05) is 48.5 Å². The quantitative estimate of drug-likeness (QED) is 0.770. The molecule has 1 amide bonds. The molecular formula is C21H23N3O3. The van der Waals surface area contributed by atoms with Gasteiger partial charge < -0.3 is 9.73 Å². The molecule has 1 fully saturated rings. The normalized spacial score (nSPS) is 17.9. The molecule has 140 valence electrons. The van der Waals surface area contributed by atoms with E-state index < -0.39 is 0 Å². The molecule has 2 heterocycles. The highest BCUT2D eigenvalue weighted by atomic mass is 16.4. The van der Waals surface area contributed by atoms with Crippen LogP contribution in [0, 0.1) is 0 Å². The van der Waals surface area contributed by atoms with Gasteiger partial charge in [-0.25, -0.2) is 4.79 Å². The lowest BCUT2D eigenvalue weighted by molar-refractivity contribution is -0.114. The van der Waals surface area contributed by atoms with Crippen molar-refractivity contribution in [1.82, 2.24) is 9.47 Å². The number of piperidine rings is 1. The molecule has 1 aliphatic rings. The summed E-state index contributed by atoms with van der Waals surface area (Å²) in [5.41, 5.74) is 3.51. The Morgan fingerprint density at radius 3 is 2.74 bits per heavy atom. The van der Waals surface area contributed by atoms with Crippen molar-refractivity contribution >= 4 is 22.7 Å². The third-order valence-electron chi connectivity index (χ3n) is 5.05. The maximum absolute atomic E-state index is 12.4. The molecule has 2 aromatic carbocycles. The third kappa shape index (κ3) is 3.80. The minimum atomic E-state index is -0.275. The van der Waals surface area contributed by atoms with Crippen LogP contribution in [0.15, 0.2) is 57.7 Å². The fraction of sp³-hybridized carbons (Fsp3) is 0.333. The summed E-state index contributed by atoms with van der Waals surface area (Å²) in [4.78, 5) is 25.9. The number of hydrogen-bond acceptors (Lipinski definition) is 4. The topological polar surface area (TPSA) is 67.5 Å². The molecule has 27 heavy (non-hydrogen) atoms. The number of para-hydroxylation sites is 2. The SMILES string of the molecule is CC(=O)Nc1ccc(CN2CCCC(n3c(=O)oc4ccccc43)C2)cc1. The van der Waals surface area contributed by atoms with Crippen molar-refractivity contribution < 1.29 is 9.21 Å². The van der Waals surface area contributed by atoms with Gasteiger partial charge in [-0.05, 0) is 49.2 Å². The second-order valence-electron chi connectivity index (χ2n) is 7.11. The van der Waals surface area contributed by atoms with Gasteiger partial charge in [0.25, 0.3) is 0 Å². The van der Waals surface area contributed by atoms with Gasteiger partial charge in [0.1, 0.15) is 0 Å². The van der Waals surface area contributed by atoms with Gasteiger partial charge in [0.15, 0.2) is 5.58 Å². The van der Waals surface area contributed by atoms with E-state index in [9.17, 15) is 9.59 Å². The van der Waals surface area contributed by atoms with Gasteiger partial charge in [0.05, 0.1) is 11.6 Å². The molecule has 4 rings (SSSR count). The van der Waals surface area contributed by atoms with Crippen molar-refractivity contribution in [3.8, 4) is 0 Å². The van der Waals surface area contributed by atoms with Crippen molar-refractivity contribution in [2.24, 2.45) is 0 Å². The Bertz CT molecular complexity index is 1000. The molecule has 3 aromatic rings. The van der Waals surface area contributed by atoms with Crippen molar-refractivity contribution in [1.29, 1.82) is 0 Å². The highest BCUT2D eigenvalue weighted by Crippen LogP contribution is 2.26. The van der Waals surface area contributed by atoms with Crippen LogP contribution >= 0.6 is 0 Å². The van der Waals surface area contributed by atoms with Crippen LogP contribution in [-0.4, -0.2) is 28.5 Å². The summed E-state index contributed by atoms with van der Waals surface area (Å²) >= 11 is 0. The van der Waals surface area contributed by atoms with E-state index in [2.05, 4.69) is 10.2 Å². The lowest BCUT2D eigenvalue weighted by Crippen LogP contribution is -2.38. The second-order valence-corrected chi connectivity index (χ2v) is 7.11. The Kier molecular flexibility index (Phi) is 4.81. The first-order valence-electron chi connectivity index (χ1n) is 9.29. The summed E-state index contributed by atoms with van der Waals surface area (Å²) in [5.74, 6) is -0.345. The third-order valence-corrected chi connectivity index (χ3v) is 5.05. The largest absolute Gasteiger partial charge is 0.420 e. The number of oxazole rings is 1. The minimum Gasteiger partial charge on any atom is -0.408 e. The molecule has 1 N–H and O–H groups in total. The van der Waals surface area contributed by atoms with Crippen molar-refractivity contribution in [3.05, 3.63) is 64.6 Å². The first-order chi connectivity index (χ1) is 13.1. The zero-order valence-corrected chi connectivity index (χ0v) is 15.4. The molecule has 1 unspecified atom stereocenters. The van der Waals surface area contributed by atoms with E-state index in [0.717, 1.165) is 43.7 Å². The summed E-state index contributed by atoms with van der Waals surface area (Å²) in [6.45, 7) is 4.15. The molecule has 0 spiro atoms. The minimum absolute atomic E-state index is 0.0700. The van der Waals surface area contributed by atoms with Gasteiger partial charge in [-0.1, -0.05) is 24.3 Å². The highest BCUT2D eigenvalue weighted by molar-refractivity contribution is 5.88. The number of rotatable bonds is 4. The molecule has 0 saturated carbocycles. The van der Waals surface area contributed by atoms with Gasteiger partial charge in [0, 0.05) is 25.7 Å². The van der Waals surface area contributed by atoms with Gasteiger partial charge in [-0.2, -0.15) is 0 Å². The fourth-order valence-corrected chi connectivity index (χ4v) is 3.87. The number of likely N-dealkylation sites (tertiary alicyclic amines) is 1. The molecule has 1 aliphatic heterocycles. The number of fused-ring (bicyclic) bond motifs is 1. The summed E-state index contributed by atoms with van der Waals surface area (Å²) in [7, 11) is 0. The number of carbonyl (C=O) groups is 1. The monoisotopic (exact) mass is 365 g/mol. The maximum atomic E-state index is 12.4. The van der Waals surface area contributed by atoms with E-state index in [-0.39, 0.29) is 17.7 Å². The van der Waals surface area contributed by atoms with Gasteiger partial charge in [0.2, 0.25) is 5.91 Å². The first-order valence-corrected chi connectivity index (χ1v) is 9.29. The van der Waals surface area contributed by atoms with Gasteiger partial charge in [-0.15, -0.1) is 0 Å². The summed E-state index contributed by atoms with van der Waals surface area (Å²) < 4.78 is 7.21. The zero-order chi connectivity index (χ0) is 18.8. The Balaban J connectivity index is 1.49. The zero-order valence-electron chi connectivity index (χ0n) is 15.4. The van der Waals surface area contributed by atoms with Crippen LogP contribution in [0.4, 0.5) is 5.69 Å². The predicted molar refractivity (Wildman–Crippen MR) is 105 cm³/mol. The Hall–Kier alpha value is -2.86. The van der Waals surface area contributed by atoms with Crippen LogP contribution in [0.25, 0.3) is 11.1 Å². The molecule has 0 bridgehead atoms. The van der Waals surface area contributed by atoms with Crippen LogP contribution in [0.3, 0.4) is 0 Å². The summed E-state index contributed by atoms with van der Waals surface area (Å²) in [6, 6.07) is 15.6. The van der Waals surface area contributed by atoms with E-state index in [1.165, 1.54) is 12.5 Å². The standard InChI is InChI=1S/C21H23N3O3/c1-15(25)22-17-10-8-16(9-11-17)13-23-12-4-5-18(14-23)24-19-6-2-3-7-20(19)27-21(24)26/h2-3,6-11,18H,4-5,12-14H2,1H3,(H,22,25). The fourth-order valence-electron chi connectivity index (χ4n) is 3.87. The van der Waals surface area contributed by atoms with Gasteiger partial charge in [-0.3, -0.25) is 14.3 Å².